The zero-order chi connectivity index (χ0) is 22.1. The lowest BCUT2D eigenvalue weighted by molar-refractivity contribution is 0.0710. The van der Waals surface area contributed by atoms with Crippen molar-refractivity contribution in [2.24, 2.45) is 0 Å². The second kappa shape index (κ2) is 8.70. The maximum absolute atomic E-state index is 13.9. The molecule has 6 nitrogen and oxygen atoms in total. The number of hydrogen-bond donors (Lipinski definition) is 0. The van der Waals surface area contributed by atoms with Crippen LogP contribution in [0, 0.1) is 19.7 Å². The molecule has 162 valence electrons. The Morgan fingerprint density at radius 3 is 2.74 bits per heavy atom. The molecular formula is C23H26FN5OS. The molecule has 4 rings (SSSR count). The highest BCUT2D eigenvalue weighted by molar-refractivity contribution is 7.13. The largest absolute Gasteiger partial charge is 0.347 e. The molecule has 2 aromatic heterocycles. The number of halogens is 1. The topological polar surface area (TPSA) is 62.2 Å². The number of benzene rings is 1. The summed E-state index contributed by atoms with van der Waals surface area (Å²) in [5.74, 6) is 0.387. The zero-order valence-corrected chi connectivity index (χ0v) is 19.0. The molecule has 1 amide bonds. The third-order valence-corrected chi connectivity index (χ3v) is 6.60. The number of aryl methyl sites for hydroxylation is 2. The van der Waals surface area contributed by atoms with Crippen LogP contribution in [0.5, 0.6) is 0 Å². The molecular weight excluding hydrogens is 413 g/mol. The molecule has 1 aliphatic heterocycles. The zero-order valence-electron chi connectivity index (χ0n) is 18.2. The summed E-state index contributed by atoms with van der Waals surface area (Å²) in [5.41, 5.74) is 3.21. The molecule has 1 saturated heterocycles. The van der Waals surface area contributed by atoms with Crippen LogP contribution in [0.1, 0.15) is 44.8 Å². The van der Waals surface area contributed by atoms with Crippen LogP contribution < -0.4 is 4.90 Å². The van der Waals surface area contributed by atoms with Crippen molar-refractivity contribution < 1.29 is 9.18 Å². The summed E-state index contributed by atoms with van der Waals surface area (Å²) >= 11 is 1.44. The Bertz CT molecular complexity index is 1110. The third-order valence-electron chi connectivity index (χ3n) is 5.53. The lowest BCUT2D eigenvalue weighted by Gasteiger charge is -2.33. The van der Waals surface area contributed by atoms with E-state index >= 15 is 0 Å². The predicted octanol–water partition coefficient (Wildman–Crippen LogP) is 4.44. The van der Waals surface area contributed by atoms with E-state index in [9.17, 15) is 9.18 Å². The predicted molar refractivity (Wildman–Crippen MR) is 121 cm³/mol. The van der Waals surface area contributed by atoms with Gasteiger partial charge in [0.05, 0.1) is 16.4 Å². The minimum atomic E-state index is -0.295. The van der Waals surface area contributed by atoms with Gasteiger partial charge in [0.25, 0.3) is 5.91 Å². The van der Waals surface area contributed by atoms with Crippen LogP contribution in [-0.2, 0) is 0 Å². The molecule has 8 heteroatoms. The van der Waals surface area contributed by atoms with E-state index in [1.54, 1.807) is 12.3 Å². The molecule has 1 atom stereocenters. The standard InChI is InChI=1S/C23H26FN5OS/c1-14-21(31-15(2)26-14)22(30)29-10-6-8-17(13-29)20-19(12-25-23(27-20)28(3)4)16-7-5-9-18(24)11-16/h5,7,9,11-12,17H,6,8,10,13H2,1-4H3/t17-/m0/s1. The van der Waals surface area contributed by atoms with Crippen molar-refractivity contribution in [3.63, 3.8) is 0 Å². The molecule has 0 unspecified atom stereocenters. The first-order chi connectivity index (χ1) is 14.8. The van der Waals surface area contributed by atoms with E-state index in [1.165, 1.54) is 23.5 Å². The first kappa shape index (κ1) is 21.4. The third kappa shape index (κ3) is 4.44. The summed E-state index contributed by atoms with van der Waals surface area (Å²) in [7, 11) is 3.79. The average Bonchev–Trinajstić information content (AvgIpc) is 3.10. The van der Waals surface area contributed by atoms with Crippen LogP contribution in [-0.4, -0.2) is 52.9 Å². The monoisotopic (exact) mass is 439 g/mol. The van der Waals surface area contributed by atoms with Crippen LogP contribution in [0.25, 0.3) is 11.1 Å². The molecule has 0 aliphatic carbocycles. The van der Waals surface area contributed by atoms with Crippen molar-refractivity contribution in [3.8, 4) is 11.1 Å². The summed E-state index contributed by atoms with van der Waals surface area (Å²) in [4.78, 5) is 31.4. The van der Waals surface area contributed by atoms with Crippen LogP contribution in [0.2, 0.25) is 0 Å². The molecule has 1 aliphatic rings. The number of carbonyl (C=O) groups excluding carboxylic acids is 1. The van der Waals surface area contributed by atoms with E-state index in [4.69, 9.17) is 4.98 Å². The van der Waals surface area contributed by atoms with E-state index in [0.717, 1.165) is 40.4 Å². The Balaban J connectivity index is 1.69. The van der Waals surface area contributed by atoms with Crippen LogP contribution >= 0.6 is 11.3 Å². The van der Waals surface area contributed by atoms with E-state index in [2.05, 4.69) is 9.97 Å². The number of piperidine rings is 1. The quantitative estimate of drug-likeness (QED) is 0.601. The van der Waals surface area contributed by atoms with Gasteiger partial charge in [-0.15, -0.1) is 11.3 Å². The minimum absolute atomic E-state index is 0.0296. The van der Waals surface area contributed by atoms with Crippen LogP contribution in [0.4, 0.5) is 10.3 Å². The number of nitrogens with zero attached hydrogens (tertiary/aromatic N) is 5. The summed E-state index contributed by atoms with van der Waals surface area (Å²) in [6, 6.07) is 6.50. The molecule has 31 heavy (non-hydrogen) atoms. The van der Waals surface area contributed by atoms with Gasteiger partial charge in [-0.25, -0.2) is 19.3 Å². The average molecular weight is 440 g/mol. The van der Waals surface area contributed by atoms with Gasteiger partial charge in [0.1, 0.15) is 10.7 Å². The van der Waals surface area contributed by atoms with Crippen molar-refractivity contribution in [1.29, 1.82) is 0 Å². The van der Waals surface area contributed by atoms with Crippen molar-refractivity contribution in [3.05, 3.63) is 57.6 Å². The number of carbonyl (C=O) groups is 1. The van der Waals surface area contributed by atoms with E-state index < -0.39 is 0 Å². The van der Waals surface area contributed by atoms with Gasteiger partial charge in [0.2, 0.25) is 5.95 Å². The summed E-state index contributed by atoms with van der Waals surface area (Å²) in [5, 5.41) is 0.897. The Labute approximate surface area is 185 Å². The molecule has 0 N–H and O–H groups in total. The van der Waals surface area contributed by atoms with Crippen molar-refractivity contribution >= 4 is 23.2 Å². The maximum Gasteiger partial charge on any atom is 0.265 e. The van der Waals surface area contributed by atoms with E-state index in [1.807, 2.05) is 43.8 Å². The van der Waals surface area contributed by atoms with Gasteiger partial charge in [-0.05, 0) is 44.4 Å². The lowest BCUT2D eigenvalue weighted by Crippen LogP contribution is -2.39. The van der Waals surface area contributed by atoms with Gasteiger partial charge in [-0.1, -0.05) is 12.1 Å². The Hall–Kier alpha value is -2.87. The molecule has 1 fully saturated rings. The van der Waals surface area contributed by atoms with E-state index in [0.29, 0.717) is 23.9 Å². The van der Waals surface area contributed by atoms with Crippen LogP contribution in [0.3, 0.4) is 0 Å². The van der Waals surface area contributed by atoms with Crippen molar-refractivity contribution in [1.82, 2.24) is 19.9 Å². The number of thiazole rings is 1. The Morgan fingerprint density at radius 1 is 1.26 bits per heavy atom. The smallest absolute Gasteiger partial charge is 0.265 e. The van der Waals surface area contributed by atoms with Crippen LogP contribution in [0.15, 0.2) is 30.5 Å². The fourth-order valence-electron chi connectivity index (χ4n) is 4.05. The molecule has 3 aromatic rings. The molecule has 0 spiro atoms. The summed E-state index contributed by atoms with van der Waals surface area (Å²) in [6.07, 6.45) is 3.57. The highest BCUT2D eigenvalue weighted by Gasteiger charge is 2.30. The van der Waals surface area contributed by atoms with Gasteiger partial charge in [-0.2, -0.15) is 0 Å². The van der Waals surface area contributed by atoms with Crippen molar-refractivity contribution in [2.75, 3.05) is 32.1 Å². The highest BCUT2D eigenvalue weighted by atomic mass is 32.1. The van der Waals surface area contributed by atoms with Gasteiger partial charge < -0.3 is 9.80 Å². The number of likely N-dealkylation sites (tertiary alicyclic amines) is 1. The normalized spacial score (nSPS) is 16.4. The lowest BCUT2D eigenvalue weighted by atomic mass is 9.89. The number of amides is 1. The molecule has 0 saturated carbocycles. The van der Waals surface area contributed by atoms with Gasteiger partial charge >= 0.3 is 0 Å². The number of aromatic nitrogens is 3. The maximum atomic E-state index is 13.9. The molecule has 1 aromatic carbocycles. The Kier molecular flexibility index (Phi) is 6.00. The fourth-order valence-corrected chi connectivity index (χ4v) is 4.94. The Morgan fingerprint density at radius 2 is 2.06 bits per heavy atom. The minimum Gasteiger partial charge on any atom is -0.347 e. The van der Waals surface area contributed by atoms with Gasteiger partial charge in [0, 0.05) is 44.9 Å². The van der Waals surface area contributed by atoms with Gasteiger partial charge in [0.15, 0.2) is 0 Å². The highest BCUT2D eigenvalue weighted by Crippen LogP contribution is 2.35. The summed E-state index contributed by atoms with van der Waals surface area (Å²) < 4.78 is 13.9. The first-order valence-corrected chi connectivity index (χ1v) is 11.2. The first-order valence-electron chi connectivity index (χ1n) is 10.4. The second-order valence-electron chi connectivity index (χ2n) is 8.11. The number of anilines is 1. The summed E-state index contributed by atoms with van der Waals surface area (Å²) in [6.45, 7) is 5.09. The fraction of sp³-hybridized carbons (Fsp3) is 0.391. The molecule has 3 heterocycles. The second-order valence-corrected chi connectivity index (χ2v) is 9.31. The van der Waals surface area contributed by atoms with E-state index in [-0.39, 0.29) is 17.6 Å². The van der Waals surface area contributed by atoms with Crippen molar-refractivity contribution in [2.45, 2.75) is 32.6 Å². The molecule has 0 radical (unpaired) electrons. The number of rotatable bonds is 4. The number of hydrogen-bond acceptors (Lipinski definition) is 6. The SMILES string of the molecule is Cc1nc(C)c(C(=O)N2CCC[C@H](c3nc(N(C)C)ncc3-c3cccc(F)c3)C2)s1. The molecule has 0 bridgehead atoms. The van der Waals surface area contributed by atoms with Gasteiger partial charge in [-0.3, -0.25) is 4.79 Å².